The third-order valence-corrected chi connectivity index (χ3v) is 2.79. The van der Waals surface area contributed by atoms with E-state index in [0.29, 0.717) is 16.8 Å². The molecule has 3 nitrogen and oxygen atoms in total. The van der Waals surface area contributed by atoms with Gasteiger partial charge >= 0.3 is 0 Å². The third-order valence-electron chi connectivity index (χ3n) is 2.79. The van der Waals surface area contributed by atoms with E-state index in [-0.39, 0.29) is 12.2 Å². The number of ketones is 1. The van der Waals surface area contributed by atoms with Crippen molar-refractivity contribution in [2.45, 2.75) is 13.3 Å². The molecule has 0 saturated carbocycles. The highest BCUT2D eigenvalue weighted by Gasteiger charge is 2.12. The van der Waals surface area contributed by atoms with Crippen molar-refractivity contribution in [2.24, 2.45) is 0 Å². The maximum Gasteiger partial charge on any atom is 0.167 e. The molecule has 0 radical (unpaired) electrons. The topological polar surface area (TPSA) is 56.0 Å². The molecule has 4 heteroatoms. The second kappa shape index (κ2) is 4.96. The van der Waals surface area contributed by atoms with Crippen molar-refractivity contribution in [3.8, 4) is 0 Å². The summed E-state index contributed by atoms with van der Waals surface area (Å²) in [7, 11) is 0. The minimum absolute atomic E-state index is 0.129. The predicted molar refractivity (Wildman–Crippen MR) is 67.8 cm³/mol. The van der Waals surface area contributed by atoms with Crippen LogP contribution in [-0.4, -0.2) is 10.8 Å². The summed E-state index contributed by atoms with van der Waals surface area (Å²) < 4.78 is 13.1. The van der Waals surface area contributed by atoms with Gasteiger partial charge in [0, 0.05) is 35.6 Å². The van der Waals surface area contributed by atoms with E-state index in [9.17, 15) is 9.18 Å². The smallest absolute Gasteiger partial charge is 0.167 e. The fourth-order valence-electron chi connectivity index (χ4n) is 1.75. The molecule has 0 aliphatic rings. The number of hydrogen-bond donors (Lipinski definition) is 1. The number of carbonyl (C=O) groups excluding carboxylic acids is 1. The predicted octanol–water partition coefficient (Wildman–Crippen LogP) is 2.54. The molecule has 0 amide bonds. The molecule has 0 unspecified atom stereocenters. The van der Waals surface area contributed by atoms with Crippen molar-refractivity contribution < 1.29 is 9.18 Å². The third kappa shape index (κ3) is 2.53. The van der Waals surface area contributed by atoms with Gasteiger partial charge in [-0.2, -0.15) is 0 Å². The fourth-order valence-corrected chi connectivity index (χ4v) is 1.75. The van der Waals surface area contributed by atoms with Crippen LogP contribution in [0.3, 0.4) is 0 Å². The van der Waals surface area contributed by atoms with Crippen molar-refractivity contribution in [3.05, 3.63) is 59.2 Å². The van der Waals surface area contributed by atoms with Crippen LogP contribution in [0.2, 0.25) is 0 Å². The van der Waals surface area contributed by atoms with Gasteiger partial charge < -0.3 is 5.73 Å². The molecule has 0 bridgehead atoms. The van der Waals surface area contributed by atoms with Crippen LogP contribution < -0.4 is 5.73 Å². The average Bonchev–Trinajstić information content (AvgIpc) is 2.35. The Kier molecular flexibility index (Phi) is 3.37. The first-order chi connectivity index (χ1) is 8.58. The second-order valence-corrected chi connectivity index (χ2v) is 4.13. The Morgan fingerprint density at radius 3 is 2.89 bits per heavy atom. The summed E-state index contributed by atoms with van der Waals surface area (Å²) in [6, 6.07) is 5.82. The van der Waals surface area contributed by atoms with E-state index >= 15 is 0 Å². The van der Waals surface area contributed by atoms with Crippen LogP contribution in [0.1, 0.15) is 21.5 Å². The highest BCUT2D eigenvalue weighted by Crippen LogP contribution is 2.16. The first kappa shape index (κ1) is 12.2. The second-order valence-electron chi connectivity index (χ2n) is 4.13. The van der Waals surface area contributed by atoms with Gasteiger partial charge in [0.2, 0.25) is 0 Å². The van der Waals surface area contributed by atoms with E-state index < -0.39 is 5.82 Å². The summed E-state index contributed by atoms with van der Waals surface area (Å²) in [6.45, 7) is 1.78. The first-order valence-electron chi connectivity index (χ1n) is 5.55. The zero-order chi connectivity index (χ0) is 13.1. The normalized spacial score (nSPS) is 10.3. The number of nitrogens with zero attached hydrogens (tertiary/aromatic N) is 1. The molecule has 1 aromatic heterocycles. The van der Waals surface area contributed by atoms with E-state index in [1.54, 1.807) is 31.5 Å². The molecule has 0 aliphatic carbocycles. The van der Waals surface area contributed by atoms with Gasteiger partial charge in [0.15, 0.2) is 5.78 Å². The SMILES string of the molecule is Cc1ccc(F)cc1C(=O)Cc1cnccc1N. The van der Waals surface area contributed by atoms with Gasteiger partial charge in [-0.3, -0.25) is 9.78 Å². The number of pyridine rings is 1. The Labute approximate surface area is 104 Å². The monoisotopic (exact) mass is 244 g/mol. The lowest BCUT2D eigenvalue weighted by atomic mass is 9.99. The number of rotatable bonds is 3. The molecule has 2 N–H and O–H groups in total. The van der Waals surface area contributed by atoms with Gasteiger partial charge in [-0.05, 0) is 30.7 Å². The van der Waals surface area contributed by atoms with Crippen LogP contribution in [-0.2, 0) is 6.42 Å². The van der Waals surface area contributed by atoms with Crippen molar-refractivity contribution in [2.75, 3.05) is 5.73 Å². The molecule has 0 fully saturated rings. The Hall–Kier alpha value is -2.23. The van der Waals surface area contributed by atoms with E-state index in [4.69, 9.17) is 5.73 Å². The molecule has 0 aliphatic heterocycles. The van der Waals surface area contributed by atoms with Crippen molar-refractivity contribution in [1.29, 1.82) is 0 Å². The van der Waals surface area contributed by atoms with Crippen molar-refractivity contribution in [1.82, 2.24) is 4.98 Å². The Morgan fingerprint density at radius 1 is 1.39 bits per heavy atom. The largest absolute Gasteiger partial charge is 0.398 e. The molecule has 18 heavy (non-hydrogen) atoms. The number of nitrogen functional groups attached to an aromatic ring is 1. The summed E-state index contributed by atoms with van der Waals surface area (Å²) in [5.41, 5.74) is 8.07. The zero-order valence-corrected chi connectivity index (χ0v) is 9.98. The van der Waals surface area contributed by atoms with E-state index in [1.807, 2.05) is 0 Å². The van der Waals surface area contributed by atoms with Gasteiger partial charge in [-0.1, -0.05) is 6.07 Å². The van der Waals surface area contributed by atoms with Gasteiger partial charge in [-0.25, -0.2) is 4.39 Å². The van der Waals surface area contributed by atoms with Crippen LogP contribution in [0.5, 0.6) is 0 Å². The maximum absolute atomic E-state index is 13.1. The molecular formula is C14H13FN2O. The van der Waals surface area contributed by atoms with E-state index in [0.717, 1.165) is 5.56 Å². The summed E-state index contributed by atoms with van der Waals surface area (Å²) in [4.78, 5) is 16.0. The minimum Gasteiger partial charge on any atom is -0.398 e. The molecule has 2 rings (SSSR count). The summed E-state index contributed by atoms with van der Waals surface area (Å²) in [5.74, 6) is -0.574. The number of aromatic nitrogens is 1. The number of aryl methyl sites for hydroxylation is 1. The highest BCUT2D eigenvalue weighted by atomic mass is 19.1. The number of carbonyl (C=O) groups is 1. The molecule has 0 atom stereocenters. The van der Waals surface area contributed by atoms with Crippen LogP contribution >= 0.6 is 0 Å². The Balaban J connectivity index is 2.28. The first-order valence-corrected chi connectivity index (χ1v) is 5.55. The number of anilines is 1. The lowest BCUT2D eigenvalue weighted by Crippen LogP contribution is -2.08. The van der Waals surface area contributed by atoms with E-state index in [1.165, 1.54) is 12.1 Å². The van der Waals surface area contributed by atoms with Gasteiger partial charge in [0.1, 0.15) is 5.82 Å². The zero-order valence-electron chi connectivity index (χ0n) is 9.98. The number of hydrogen-bond acceptors (Lipinski definition) is 3. The molecule has 92 valence electrons. The maximum atomic E-state index is 13.1. The number of nitrogens with two attached hydrogens (primary N) is 1. The molecular weight excluding hydrogens is 231 g/mol. The molecule has 1 heterocycles. The Bertz CT molecular complexity index is 596. The number of halogens is 1. The quantitative estimate of drug-likeness (QED) is 0.844. The van der Waals surface area contributed by atoms with Gasteiger partial charge in [0.25, 0.3) is 0 Å². The van der Waals surface area contributed by atoms with Crippen molar-refractivity contribution >= 4 is 11.5 Å². The fraction of sp³-hybridized carbons (Fsp3) is 0.143. The van der Waals surface area contributed by atoms with Gasteiger partial charge in [-0.15, -0.1) is 0 Å². The number of benzene rings is 1. The lowest BCUT2D eigenvalue weighted by Gasteiger charge is -2.06. The molecule has 1 aromatic carbocycles. The highest BCUT2D eigenvalue weighted by molar-refractivity contribution is 5.99. The van der Waals surface area contributed by atoms with Gasteiger partial charge in [0.05, 0.1) is 0 Å². The summed E-state index contributed by atoms with van der Waals surface area (Å²) in [6.07, 6.45) is 3.25. The molecule has 0 saturated heterocycles. The lowest BCUT2D eigenvalue weighted by molar-refractivity contribution is 0.0992. The van der Waals surface area contributed by atoms with Crippen LogP contribution in [0.4, 0.5) is 10.1 Å². The van der Waals surface area contributed by atoms with Crippen LogP contribution in [0.25, 0.3) is 0 Å². The Morgan fingerprint density at radius 2 is 2.17 bits per heavy atom. The minimum atomic E-state index is -0.414. The summed E-state index contributed by atoms with van der Waals surface area (Å²) in [5, 5.41) is 0. The summed E-state index contributed by atoms with van der Waals surface area (Å²) >= 11 is 0. The molecule has 2 aromatic rings. The van der Waals surface area contributed by atoms with E-state index in [2.05, 4.69) is 4.98 Å². The average molecular weight is 244 g/mol. The number of Topliss-reactive ketones (excluding diaryl/α,β-unsaturated/α-hetero) is 1. The molecule has 0 spiro atoms. The van der Waals surface area contributed by atoms with Crippen LogP contribution in [0.15, 0.2) is 36.7 Å². The standard InChI is InChI=1S/C14H13FN2O/c1-9-2-3-11(15)7-12(9)14(18)6-10-8-17-5-4-13(10)16/h2-5,7-8H,6H2,1H3,(H2,16,17). The van der Waals surface area contributed by atoms with Crippen molar-refractivity contribution in [3.63, 3.8) is 0 Å². The van der Waals surface area contributed by atoms with Crippen LogP contribution in [0, 0.1) is 12.7 Å².